The van der Waals surface area contributed by atoms with Crippen molar-refractivity contribution in [1.29, 1.82) is 0 Å². The lowest BCUT2D eigenvalue weighted by molar-refractivity contribution is -0.139. The van der Waals surface area contributed by atoms with Crippen LogP contribution in [0.1, 0.15) is 61.2 Å². The summed E-state index contributed by atoms with van der Waals surface area (Å²) < 4.78 is 0. The van der Waals surface area contributed by atoms with E-state index in [1.54, 1.807) is 11.3 Å². The van der Waals surface area contributed by atoms with E-state index in [0.717, 1.165) is 38.5 Å². The number of carboxylic acid groups (broad SMARTS) is 1. The third kappa shape index (κ3) is 3.57. The zero-order valence-corrected chi connectivity index (χ0v) is 12.3. The standard InChI is InChI=1S/C15H23NO2S/c1-2-11-5-6-13(19-11)12(16)9-15(10-14(17)18)7-3-4-8-15/h5-6,12H,2-4,7-10,16H2,1H3,(H,17,18). The van der Waals surface area contributed by atoms with Crippen LogP contribution in [0.2, 0.25) is 0 Å². The average molecular weight is 281 g/mol. The van der Waals surface area contributed by atoms with Crippen molar-refractivity contribution in [3.8, 4) is 0 Å². The molecule has 1 unspecified atom stereocenters. The zero-order valence-electron chi connectivity index (χ0n) is 11.5. The van der Waals surface area contributed by atoms with Gasteiger partial charge in [0.1, 0.15) is 0 Å². The summed E-state index contributed by atoms with van der Waals surface area (Å²) in [6.45, 7) is 2.14. The largest absolute Gasteiger partial charge is 0.481 e. The molecule has 1 aromatic rings. The summed E-state index contributed by atoms with van der Waals surface area (Å²) in [6, 6.07) is 4.23. The maximum atomic E-state index is 11.1. The maximum absolute atomic E-state index is 11.1. The summed E-state index contributed by atoms with van der Waals surface area (Å²) in [6.07, 6.45) is 6.43. The Bertz CT molecular complexity index is 435. The summed E-state index contributed by atoms with van der Waals surface area (Å²) in [4.78, 5) is 13.6. The minimum atomic E-state index is -0.686. The Morgan fingerprint density at radius 2 is 2.16 bits per heavy atom. The molecule has 1 heterocycles. The molecule has 0 aliphatic heterocycles. The molecule has 0 aromatic carbocycles. The number of carbonyl (C=O) groups is 1. The van der Waals surface area contributed by atoms with Crippen molar-refractivity contribution in [3.63, 3.8) is 0 Å². The Hall–Kier alpha value is -0.870. The number of aryl methyl sites for hydroxylation is 1. The van der Waals surface area contributed by atoms with Crippen LogP contribution in [0, 0.1) is 5.41 Å². The van der Waals surface area contributed by atoms with Crippen molar-refractivity contribution in [3.05, 3.63) is 21.9 Å². The van der Waals surface area contributed by atoms with Gasteiger partial charge in [-0.25, -0.2) is 0 Å². The molecule has 106 valence electrons. The molecule has 3 N–H and O–H groups in total. The van der Waals surface area contributed by atoms with Crippen LogP contribution < -0.4 is 5.73 Å². The monoisotopic (exact) mass is 281 g/mol. The maximum Gasteiger partial charge on any atom is 0.303 e. The van der Waals surface area contributed by atoms with Gasteiger partial charge in [-0.2, -0.15) is 0 Å². The van der Waals surface area contributed by atoms with Crippen LogP contribution in [0.25, 0.3) is 0 Å². The quantitative estimate of drug-likeness (QED) is 0.835. The summed E-state index contributed by atoms with van der Waals surface area (Å²) in [5.41, 5.74) is 6.25. The Kier molecular flexibility index (Phi) is 4.63. The van der Waals surface area contributed by atoms with Crippen LogP contribution in [-0.4, -0.2) is 11.1 Å². The highest BCUT2D eigenvalue weighted by Crippen LogP contribution is 2.47. The van der Waals surface area contributed by atoms with Crippen LogP contribution in [0.5, 0.6) is 0 Å². The molecule has 1 aliphatic carbocycles. The SMILES string of the molecule is CCc1ccc(C(N)CC2(CC(=O)O)CCCC2)s1. The Morgan fingerprint density at radius 1 is 1.47 bits per heavy atom. The molecule has 1 aromatic heterocycles. The van der Waals surface area contributed by atoms with Gasteiger partial charge in [0.15, 0.2) is 0 Å². The minimum absolute atomic E-state index is 0.0113. The van der Waals surface area contributed by atoms with Crippen molar-refractivity contribution < 1.29 is 9.90 Å². The third-order valence-corrected chi connectivity index (χ3v) is 5.60. The van der Waals surface area contributed by atoms with Gasteiger partial charge >= 0.3 is 5.97 Å². The van der Waals surface area contributed by atoms with Gasteiger partial charge in [0.05, 0.1) is 6.42 Å². The normalized spacial score (nSPS) is 19.5. The van der Waals surface area contributed by atoms with E-state index >= 15 is 0 Å². The van der Waals surface area contributed by atoms with E-state index in [-0.39, 0.29) is 17.9 Å². The fraction of sp³-hybridized carbons (Fsp3) is 0.667. The van der Waals surface area contributed by atoms with Gasteiger partial charge in [0, 0.05) is 15.8 Å². The number of nitrogens with two attached hydrogens (primary N) is 1. The van der Waals surface area contributed by atoms with Gasteiger partial charge < -0.3 is 10.8 Å². The van der Waals surface area contributed by atoms with E-state index < -0.39 is 5.97 Å². The van der Waals surface area contributed by atoms with Crippen molar-refractivity contribution in [2.75, 3.05) is 0 Å². The second-order valence-corrected chi connectivity index (χ2v) is 6.95. The molecule has 19 heavy (non-hydrogen) atoms. The van der Waals surface area contributed by atoms with Gasteiger partial charge in [-0.3, -0.25) is 4.79 Å². The highest BCUT2D eigenvalue weighted by Gasteiger charge is 2.37. The second-order valence-electron chi connectivity index (χ2n) is 5.75. The van der Waals surface area contributed by atoms with Crippen LogP contribution in [-0.2, 0) is 11.2 Å². The molecule has 1 fully saturated rings. The van der Waals surface area contributed by atoms with E-state index in [1.807, 2.05) is 0 Å². The number of carboxylic acids is 1. The molecular formula is C15H23NO2S. The number of aliphatic carboxylic acids is 1. The molecule has 0 radical (unpaired) electrons. The third-order valence-electron chi connectivity index (χ3n) is 4.24. The summed E-state index contributed by atoms with van der Waals surface area (Å²) in [5, 5.41) is 9.13. The molecule has 1 atom stereocenters. The van der Waals surface area contributed by atoms with Gasteiger partial charge in [0.2, 0.25) is 0 Å². The minimum Gasteiger partial charge on any atom is -0.481 e. The van der Waals surface area contributed by atoms with Crippen molar-refractivity contribution in [2.45, 2.75) is 57.9 Å². The Labute approximate surface area is 118 Å². The summed E-state index contributed by atoms with van der Waals surface area (Å²) >= 11 is 1.77. The van der Waals surface area contributed by atoms with Crippen molar-refractivity contribution in [1.82, 2.24) is 0 Å². The van der Waals surface area contributed by atoms with Gasteiger partial charge in [0.25, 0.3) is 0 Å². The molecule has 0 saturated heterocycles. The summed E-state index contributed by atoms with van der Waals surface area (Å²) in [7, 11) is 0. The number of hydrogen-bond donors (Lipinski definition) is 2. The Balaban J connectivity index is 2.06. The topological polar surface area (TPSA) is 63.3 Å². The molecular weight excluding hydrogens is 258 g/mol. The predicted molar refractivity (Wildman–Crippen MR) is 78.4 cm³/mol. The van der Waals surface area contributed by atoms with Crippen LogP contribution in [0.4, 0.5) is 0 Å². The average Bonchev–Trinajstić information content (AvgIpc) is 2.97. The van der Waals surface area contributed by atoms with E-state index in [1.165, 1.54) is 9.75 Å². The van der Waals surface area contributed by atoms with Gasteiger partial charge in [-0.1, -0.05) is 19.8 Å². The number of hydrogen-bond acceptors (Lipinski definition) is 3. The number of rotatable bonds is 6. The molecule has 3 nitrogen and oxygen atoms in total. The first-order valence-electron chi connectivity index (χ1n) is 7.11. The van der Waals surface area contributed by atoms with E-state index in [9.17, 15) is 4.79 Å². The Morgan fingerprint density at radius 3 is 2.68 bits per heavy atom. The molecule has 1 aliphatic rings. The lowest BCUT2D eigenvalue weighted by Crippen LogP contribution is -2.26. The highest BCUT2D eigenvalue weighted by atomic mass is 32.1. The van der Waals surface area contributed by atoms with Crippen LogP contribution >= 0.6 is 11.3 Å². The highest BCUT2D eigenvalue weighted by molar-refractivity contribution is 7.12. The lowest BCUT2D eigenvalue weighted by atomic mass is 9.77. The fourth-order valence-electron chi connectivity index (χ4n) is 3.25. The first kappa shape index (κ1) is 14.5. The van der Waals surface area contributed by atoms with Crippen molar-refractivity contribution in [2.24, 2.45) is 11.1 Å². The van der Waals surface area contributed by atoms with Gasteiger partial charge in [-0.15, -0.1) is 11.3 Å². The molecule has 4 heteroatoms. The van der Waals surface area contributed by atoms with E-state index in [2.05, 4.69) is 19.1 Å². The molecule has 1 saturated carbocycles. The van der Waals surface area contributed by atoms with E-state index in [0.29, 0.717) is 0 Å². The smallest absolute Gasteiger partial charge is 0.303 e. The second kappa shape index (κ2) is 6.06. The molecule has 0 amide bonds. The lowest BCUT2D eigenvalue weighted by Gasteiger charge is -2.29. The van der Waals surface area contributed by atoms with E-state index in [4.69, 9.17) is 10.8 Å². The fourth-order valence-corrected chi connectivity index (χ4v) is 4.20. The van der Waals surface area contributed by atoms with Crippen LogP contribution in [0.3, 0.4) is 0 Å². The molecule has 0 bridgehead atoms. The zero-order chi connectivity index (χ0) is 13.9. The predicted octanol–water partition coefficient (Wildman–Crippen LogP) is 3.74. The van der Waals surface area contributed by atoms with Gasteiger partial charge in [-0.05, 0) is 43.2 Å². The van der Waals surface area contributed by atoms with Crippen LogP contribution in [0.15, 0.2) is 12.1 Å². The molecule has 0 spiro atoms. The number of thiophene rings is 1. The van der Waals surface area contributed by atoms with Crippen molar-refractivity contribution >= 4 is 17.3 Å². The first-order chi connectivity index (χ1) is 9.04. The molecule has 2 rings (SSSR count). The summed E-state index contributed by atoms with van der Waals surface area (Å²) in [5.74, 6) is -0.686. The first-order valence-corrected chi connectivity index (χ1v) is 7.92.